The number of likely N-dealkylation sites (tertiary alicyclic amines) is 1. The van der Waals surface area contributed by atoms with E-state index in [0.717, 1.165) is 24.9 Å². The van der Waals surface area contributed by atoms with Gasteiger partial charge in [0.2, 0.25) is 5.91 Å². The maximum absolute atomic E-state index is 12.2. The molecule has 1 heterocycles. The van der Waals surface area contributed by atoms with E-state index in [4.69, 9.17) is 5.73 Å². The van der Waals surface area contributed by atoms with Crippen LogP contribution in [0.25, 0.3) is 0 Å². The average molecular weight is 316 g/mol. The summed E-state index contributed by atoms with van der Waals surface area (Å²) < 4.78 is 0. The molecular formula is C18H26N3O2+. The molecule has 1 saturated heterocycles. The smallest absolute Gasteiger partial charge is 0.279 e. The summed E-state index contributed by atoms with van der Waals surface area (Å²) >= 11 is 0. The van der Waals surface area contributed by atoms with Crippen LogP contribution in [0.2, 0.25) is 0 Å². The van der Waals surface area contributed by atoms with Crippen molar-refractivity contribution in [1.29, 1.82) is 0 Å². The minimum absolute atomic E-state index is 0.0427. The van der Waals surface area contributed by atoms with Crippen LogP contribution in [0.1, 0.15) is 42.5 Å². The SMILES string of the molecule is NC(=O)c1ccc(NC(=O)C[NH+]2CC[C@@H]3CCCC[C@@H]3C2)cc1. The molecule has 5 heteroatoms. The minimum atomic E-state index is -0.456. The van der Waals surface area contributed by atoms with Crippen molar-refractivity contribution in [2.45, 2.75) is 32.1 Å². The number of fused-ring (bicyclic) bond motifs is 1. The first-order chi connectivity index (χ1) is 11.1. The Bertz CT molecular complexity index is 570. The summed E-state index contributed by atoms with van der Waals surface area (Å²) in [5, 5.41) is 2.92. The number of nitrogens with two attached hydrogens (primary N) is 1. The largest absolute Gasteiger partial charge is 0.366 e. The third-order valence-corrected chi connectivity index (χ3v) is 5.35. The number of amides is 2. The van der Waals surface area contributed by atoms with Crippen molar-refractivity contribution in [2.24, 2.45) is 17.6 Å². The first-order valence-electron chi connectivity index (χ1n) is 8.65. The van der Waals surface area contributed by atoms with Gasteiger partial charge < -0.3 is 16.0 Å². The summed E-state index contributed by atoms with van der Waals surface area (Å²) in [5.74, 6) is 1.30. The molecule has 1 saturated carbocycles. The van der Waals surface area contributed by atoms with Crippen molar-refractivity contribution >= 4 is 17.5 Å². The van der Waals surface area contributed by atoms with Crippen molar-refractivity contribution < 1.29 is 14.5 Å². The molecule has 1 aromatic rings. The number of primary amides is 1. The Morgan fingerprint density at radius 2 is 1.78 bits per heavy atom. The van der Waals surface area contributed by atoms with Gasteiger partial charge in [-0.15, -0.1) is 0 Å². The monoisotopic (exact) mass is 316 g/mol. The molecule has 3 atom stereocenters. The minimum Gasteiger partial charge on any atom is -0.366 e. The number of hydrogen-bond donors (Lipinski definition) is 3. The van der Waals surface area contributed by atoms with Crippen LogP contribution in [0.5, 0.6) is 0 Å². The summed E-state index contributed by atoms with van der Waals surface area (Å²) in [6.07, 6.45) is 6.73. The van der Waals surface area contributed by atoms with Gasteiger partial charge in [-0.1, -0.05) is 12.8 Å². The van der Waals surface area contributed by atoms with Crippen molar-refractivity contribution in [3.63, 3.8) is 0 Å². The molecule has 1 aliphatic carbocycles. The topological polar surface area (TPSA) is 76.6 Å². The molecule has 2 aliphatic rings. The lowest BCUT2D eigenvalue weighted by Crippen LogP contribution is -3.15. The van der Waals surface area contributed by atoms with Gasteiger partial charge in [0, 0.05) is 17.2 Å². The Morgan fingerprint density at radius 3 is 2.48 bits per heavy atom. The molecule has 0 aromatic heterocycles. The predicted octanol–water partition coefficient (Wildman–Crippen LogP) is 0.819. The van der Waals surface area contributed by atoms with Crippen LogP contribution in [0.3, 0.4) is 0 Å². The maximum Gasteiger partial charge on any atom is 0.279 e. The first-order valence-corrected chi connectivity index (χ1v) is 8.65. The van der Waals surface area contributed by atoms with E-state index in [2.05, 4.69) is 5.32 Å². The van der Waals surface area contributed by atoms with E-state index >= 15 is 0 Å². The van der Waals surface area contributed by atoms with Crippen LogP contribution in [-0.4, -0.2) is 31.4 Å². The van der Waals surface area contributed by atoms with Gasteiger partial charge in [-0.3, -0.25) is 9.59 Å². The number of carbonyl (C=O) groups is 2. The fourth-order valence-corrected chi connectivity index (χ4v) is 4.11. The quantitative estimate of drug-likeness (QED) is 0.769. The number of carbonyl (C=O) groups excluding carboxylic acids is 2. The van der Waals surface area contributed by atoms with Gasteiger partial charge in [-0.05, 0) is 49.4 Å². The molecule has 2 fully saturated rings. The Balaban J connectivity index is 1.50. The molecule has 1 unspecified atom stereocenters. The van der Waals surface area contributed by atoms with E-state index in [1.165, 1.54) is 37.0 Å². The van der Waals surface area contributed by atoms with Crippen LogP contribution >= 0.6 is 0 Å². The summed E-state index contributed by atoms with van der Waals surface area (Å²) in [5.41, 5.74) is 6.38. The number of anilines is 1. The van der Waals surface area contributed by atoms with Crippen molar-refractivity contribution in [1.82, 2.24) is 0 Å². The van der Waals surface area contributed by atoms with Crippen molar-refractivity contribution in [3.05, 3.63) is 29.8 Å². The van der Waals surface area contributed by atoms with Crippen LogP contribution in [0.4, 0.5) is 5.69 Å². The zero-order chi connectivity index (χ0) is 16.2. The van der Waals surface area contributed by atoms with Crippen LogP contribution in [-0.2, 0) is 4.79 Å². The van der Waals surface area contributed by atoms with Gasteiger partial charge in [-0.2, -0.15) is 0 Å². The molecule has 23 heavy (non-hydrogen) atoms. The van der Waals surface area contributed by atoms with Gasteiger partial charge in [0.05, 0.1) is 13.1 Å². The number of piperidine rings is 1. The maximum atomic E-state index is 12.2. The highest BCUT2D eigenvalue weighted by Gasteiger charge is 2.34. The number of quaternary nitrogens is 1. The number of nitrogens with one attached hydrogen (secondary N) is 2. The molecule has 0 spiro atoms. The predicted molar refractivity (Wildman–Crippen MR) is 89.2 cm³/mol. The second-order valence-corrected chi connectivity index (χ2v) is 6.96. The van der Waals surface area contributed by atoms with Gasteiger partial charge in [-0.25, -0.2) is 0 Å². The molecule has 4 N–H and O–H groups in total. The summed E-state index contributed by atoms with van der Waals surface area (Å²) in [4.78, 5) is 24.7. The Hall–Kier alpha value is -1.88. The van der Waals surface area contributed by atoms with Gasteiger partial charge in [0.1, 0.15) is 0 Å². The van der Waals surface area contributed by atoms with Gasteiger partial charge in [0.15, 0.2) is 6.54 Å². The molecule has 5 nitrogen and oxygen atoms in total. The third-order valence-electron chi connectivity index (χ3n) is 5.35. The van der Waals surface area contributed by atoms with Crippen LogP contribution in [0.15, 0.2) is 24.3 Å². The van der Waals surface area contributed by atoms with E-state index in [1.54, 1.807) is 24.3 Å². The number of hydrogen-bond acceptors (Lipinski definition) is 2. The normalized spacial score (nSPS) is 27.0. The van der Waals surface area contributed by atoms with E-state index in [-0.39, 0.29) is 5.91 Å². The lowest BCUT2D eigenvalue weighted by Gasteiger charge is -2.38. The summed E-state index contributed by atoms with van der Waals surface area (Å²) in [6.45, 7) is 2.77. The zero-order valence-corrected chi connectivity index (χ0v) is 13.5. The Morgan fingerprint density at radius 1 is 1.09 bits per heavy atom. The van der Waals surface area contributed by atoms with E-state index in [1.807, 2.05) is 0 Å². The fourth-order valence-electron chi connectivity index (χ4n) is 4.11. The van der Waals surface area contributed by atoms with E-state index < -0.39 is 5.91 Å². The highest BCUT2D eigenvalue weighted by molar-refractivity contribution is 5.95. The van der Waals surface area contributed by atoms with E-state index in [9.17, 15) is 9.59 Å². The van der Waals surface area contributed by atoms with Crippen molar-refractivity contribution in [2.75, 3.05) is 25.0 Å². The molecule has 0 bridgehead atoms. The molecule has 1 aliphatic heterocycles. The first kappa shape index (κ1) is 16.0. The van der Waals surface area contributed by atoms with Crippen molar-refractivity contribution in [3.8, 4) is 0 Å². The molecular weight excluding hydrogens is 290 g/mol. The number of rotatable bonds is 4. The second-order valence-electron chi connectivity index (χ2n) is 6.96. The fraction of sp³-hybridized carbons (Fsp3) is 0.556. The highest BCUT2D eigenvalue weighted by Crippen LogP contribution is 2.32. The molecule has 124 valence electrons. The lowest BCUT2D eigenvalue weighted by atomic mass is 9.75. The van der Waals surface area contributed by atoms with Crippen LogP contribution < -0.4 is 16.0 Å². The second kappa shape index (κ2) is 7.13. The number of benzene rings is 1. The molecule has 0 radical (unpaired) electrons. The highest BCUT2D eigenvalue weighted by atomic mass is 16.2. The standard InChI is InChI=1S/C18H25N3O2/c19-18(23)14-5-7-16(8-6-14)20-17(22)12-21-10-9-13-3-1-2-4-15(13)11-21/h5-8,13,15H,1-4,9-12H2,(H2,19,23)(H,20,22)/p+1/t13-,15+/m0/s1. The Labute approximate surface area is 137 Å². The summed E-state index contributed by atoms with van der Waals surface area (Å²) in [7, 11) is 0. The van der Waals surface area contributed by atoms with Gasteiger partial charge >= 0.3 is 0 Å². The lowest BCUT2D eigenvalue weighted by molar-refractivity contribution is -0.902. The average Bonchev–Trinajstić information content (AvgIpc) is 2.55. The Kier molecular flexibility index (Phi) is 4.96. The zero-order valence-electron chi connectivity index (χ0n) is 13.5. The molecule has 1 aromatic carbocycles. The molecule has 2 amide bonds. The summed E-state index contributed by atoms with van der Waals surface area (Å²) in [6, 6.07) is 6.72. The van der Waals surface area contributed by atoms with Gasteiger partial charge in [0.25, 0.3) is 5.91 Å². The molecule has 3 rings (SSSR count). The third kappa shape index (κ3) is 4.10. The van der Waals surface area contributed by atoms with E-state index in [0.29, 0.717) is 17.8 Å². The van der Waals surface area contributed by atoms with Crippen LogP contribution in [0, 0.1) is 11.8 Å².